The number of ether oxygens (including phenoxy) is 1. The number of carbonyl (C=O) groups excluding carboxylic acids is 1. The SMILES string of the molecule is NCC(CC(=O)O)C(=O)OCC1c2ccccc2-c2ccccc21. The standard InChI is InChI=1S/C19H19NO4/c20-10-12(9-18(21)22)19(23)24-11-17-15-7-3-1-5-13(15)14-6-2-4-8-16(14)17/h1-8,12,17H,9-11,20H2,(H,21,22). The van der Waals surface area contributed by atoms with E-state index in [4.69, 9.17) is 15.6 Å². The maximum Gasteiger partial charge on any atom is 0.310 e. The summed E-state index contributed by atoms with van der Waals surface area (Å²) in [6.07, 6.45) is -0.312. The molecule has 1 aliphatic rings. The van der Waals surface area contributed by atoms with E-state index in [2.05, 4.69) is 12.1 Å². The number of aliphatic carboxylic acids is 1. The molecule has 0 fully saturated rings. The lowest BCUT2D eigenvalue weighted by Gasteiger charge is -2.17. The van der Waals surface area contributed by atoms with Gasteiger partial charge in [0.1, 0.15) is 6.61 Å². The Bertz CT molecular complexity index is 726. The van der Waals surface area contributed by atoms with Crippen LogP contribution in [0.1, 0.15) is 23.5 Å². The van der Waals surface area contributed by atoms with E-state index in [1.807, 2.05) is 36.4 Å². The summed E-state index contributed by atoms with van der Waals surface area (Å²) in [5.41, 5.74) is 10.0. The lowest BCUT2D eigenvalue weighted by atomic mass is 9.98. The predicted octanol–water partition coefficient (Wildman–Crippen LogP) is 2.39. The van der Waals surface area contributed by atoms with Crippen molar-refractivity contribution in [3.63, 3.8) is 0 Å². The van der Waals surface area contributed by atoms with Crippen LogP contribution in [0.2, 0.25) is 0 Å². The van der Waals surface area contributed by atoms with Gasteiger partial charge in [-0.05, 0) is 22.3 Å². The molecular formula is C19H19NO4. The summed E-state index contributed by atoms with van der Waals surface area (Å²) in [6, 6.07) is 16.1. The minimum atomic E-state index is -1.06. The highest BCUT2D eigenvalue weighted by molar-refractivity contribution is 5.81. The van der Waals surface area contributed by atoms with Crippen LogP contribution in [0.5, 0.6) is 0 Å². The molecule has 1 unspecified atom stereocenters. The van der Waals surface area contributed by atoms with Crippen molar-refractivity contribution in [1.82, 2.24) is 0 Å². The zero-order valence-electron chi connectivity index (χ0n) is 13.1. The summed E-state index contributed by atoms with van der Waals surface area (Å²) < 4.78 is 5.41. The van der Waals surface area contributed by atoms with Gasteiger partial charge in [-0.15, -0.1) is 0 Å². The van der Waals surface area contributed by atoms with Gasteiger partial charge in [0.2, 0.25) is 0 Å². The summed E-state index contributed by atoms with van der Waals surface area (Å²) in [6.45, 7) is 0.145. The number of carbonyl (C=O) groups is 2. The summed E-state index contributed by atoms with van der Waals surface area (Å²) in [5.74, 6) is -2.46. The van der Waals surface area contributed by atoms with Crippen LogP contribution in [-0.4, -0.2) is 30.2 Å². The molecule has 0 heterocycles. The molecule has 1 aliphatic carbocycles. The van der Waals surface area contributed by atoms with Gasteiger partial charge in [0.25, 0.3) is 0 Å². The molecule has 0 bridgehead atoms. The first-order chi connectivity index (χ1) is 11.6. The summed E-state index contributed by atoms with van der Waals surface area (Å²) in [4.78, 5) is 22.9. The van der Waals surface area contributed by atoms with Crippen molar-refractivity contribution in [2.45, 2.75) is 12.3 Å². The number of nitrogens with two attached hydrogens (primary N) is 1. The smallest absolute Gasteiger partial charge is 0.310 e. The third-order valence-electron chi connectivity index (χ3n) is 4.39. The number of benzene rings is 2. The minimum absolute atomic E-state index is 0.0374. The van der Waals surface area contributed by atoms with Gasteiger partial charge in [0.15, 0.2) is 0 Å². The number of hydrogen-bond acceptors (Lipinski definition) is 4. The summed E-state index contributed by atoms with van der Waals surface area (Å²) in [7, 11) is 0. The second kappa shape index (κ2) is 6.84. The highest BCUT2D eigenvalue weighted by Gasteiger charge is 2.30. The zero-order valence-corrected chi connectivity index (χ0v) is 13.1. The lowest BCUT2D eigenvalue weighted by Crippen LogP contribution is -2.29. The van der Waals surface area contributed by atoms with E-state index in [9.17, 15) is 9.59 Å². The molecule has 0 amide bonds. The largest absolute Gasteiger partial charge is 0.481 e. The van der Waals surface area contributed by atoms with E-state index in [1.54, 1.807) is 0 Å². The van der Waals surface area contributed by atoms with E-state index in [1.165, 1.54) is 0 Å². The fourth-order valence-electron chi connectivity index (χ4n) is 3.20. The molecule has 2 aromatic carbocycles. The molecule has 1 atom stereocenters. The van der Waals surface area contributed by atoms with Gasteiger partial charge in [-0.1, -0.05) is 48.5 Å². The molecular weight excluding hydrogens is 306 g/mol. The lowest BCUT2D eigenvalue weighted by molar-refractivity contribution is -0.152. The van der Waals surface area contributed by atoms with Gasteiger partial charge in [-0.25, -0.2) is 0 Å². The number of esters is 1. The topological polar surface area (TPSA) is 89.6 Å². The van der Waals surface area contributed by atoms with Crippen molar-refractivity contribution < 1.29 is 19.4 Å². The Morgan fingerprint density at radius 1 is 1.04 bits per heavy atom. The Balaban J connectivity index is 1.78. The monoisotopic (exact) mass is 325 g/mol. The second-order valence-electron chi connectivity index (χ2n) is 5.89. The molecule has 2 aromatic rings. The van der Waals surface area contributed by atoms with Crippen molar-refractivity contribution in [2.75, 3.05) is 13.2 Å². The number of fused-ring (bicyclic) bond motifs is 3. The Hall–Kier alpha value is -2.66. The third kappa shape index (κ3) is 3.03. The molecule has 0 radical (unpaired) electrons. The van der Waals surface area contributed by atoms with Crippen LogP contribution in [0.4, 0.5) is 0 Å². The van der Waals surface area contributed by atoms with E-state index < -0.39 is 17.9 Å². The van der Waals surface area contributed by atoms with Crippen LogP contribution in [0.15, 0.2) is 48.5 Å². The van der Waals surface area contributed by atoms with Crippen LogP contribution in [0.25, 0.3) is 11.1 Å². The highest BCUT2D eigenvalue weighted by atomic mass is 16.5. The fraction of sp³-hybridized carbons (Fsp3) is 0.263. The Labute approximate surface area is 140 Å². The zero-order chi connectivity index (χ0) is 17.1. The van der Waals surface area contributed by atoms with Crippen LogP contribution >= 0.6 is 0 Å². The highest BCUT2D eigenvalue weighted by Crippen LogP contribution is 2.44. The third-order valence-corrected chi connectivity index (χ3v) is 4.39. The number of carboxylic acids is 1. The van der Waals surface area contributed by atoms with Gasteiger partial charge in [-0.2, -0.15) is 0 Å². The van der Waals surface area contributed by atoms with Gasteiger partial charge in [-0.3, -0.25) is 9.59 Å². The molecule has 24 heavy (non-hydrogen) atoms. The molecule has 3 rings (SSSR count). The molecule has 0 saturated carbocycles. The molecule has 5 heteroatoms. The van der Waals surface area contributed by atoms with Crippen LogP contribution in [0.3, 0.4) is 0 Å². The number of hydrogen-bond donors (Lipinski definition) is 2. The van der Waals surface area contributed by atoms with Crippen molar-refractivity contribution in [3.05, 3.63) is 59.7 Å². The summed E-state index contributed by atoms with van der Waals surface area (Å²) in [5, 5.41) is 8.84. The van der Waals surface area contributed by atoms with Gasteiger partial charge in [0, 0.05) is 12.5 Å². The molecule has 5 nitrogen and oxygen atoms in total. The van der Waals surface area contributed by atoms with Crippen molar-refractivity contribution in [1.29, 1.82) is 0 Å². The molecule has 124 valence electrons. The van der Waals surface area contributed by atoms with Crippen LogP contribution in [-0.2, 0) is 14.3 Å². The average Bonchev–Trinajstić information content (AvgIpc) is 2.91. The molecule has 0 saturated heterocycles. The van der Waals surface area contributed by atoms with Crippen molar-refractivity contribution in [3.8, 4) is 11.1 Å². The molecule has 0 aromatic heterocycles. The van der Waals surface area contributed by atoms with E-state index in [0.717, 1.165) is 22.3 Å². The maximum atomic E-state index is 12.1. The maximum absolute atomic E-state index is 12.1. The summed E-state index contributed by atoms with van der Waals surface area (Å²) >= 11 is 0. The Morgan fingerprint density at radius 2 is 1.58 bits per heavy atom. The van der Waals surface area contributed by atoms with Crippen LogP contribution in [0, 0.1) is 5.92 Å². The van der Waals surface area contributed by atoms with E-state index in [-0.39, 0.29) is 25.5 Å². The van der Waals surface area contributed by atoms with E-state index in [0.29, 0.717) is 0 Å². The predicted molar refractivity (Wildman–Crippen MR) is 89.5 cm³/mol. The van der Waals surface area contributed by atoms with Crippen LogP contribution < -0.4 is 5.73 Å². The first-order valence-electron chi connectivity index (χ1n) is 7.88. The first kappa shape index (κ1) is 16.2. The number of carboxylic acid groups (broad SMARTS) is 1. The first-order valence-corrected chi connectivity index (χ1v) is 7.88. The fourth-order valence-corrected chi connectivity index (χ4v) is 3.20. The molecule has 3 N–H and O–H groups in total. The number of rotatable bonds is 6. The molecule has 0 aliphatic heterocycles. The normalized spacial score (nSPS) is 13.9. The Morgan fingerprint density at radius 3 is 2.08 bits per heavy atom. The van der Waals surface area contributed by atoms with Gasteiger partial charge in [0.05, 0.1) is 12.3 Å². The van der Waals surface area contributed by atoms with Crippen molar-refractivity contribution in [2.24, 2.45) is 11.7 Å². The molecule has 0 spiro atoms. The van der Waals surface area contributed by atoms with Gasteiger partial charge < -0.3 is 15.6 Å². The average molecular weight is 325 g/mol. The Kier molecular flexibility index (Phi) is 4.62. The second-order valence-corrected chi connectivity index (χ2v) is 5.89. The van der Waals surface area contributed by atoms with Crippen molar-refractivity contribution >= 4 is 11.9 Å². The quantitative estimate of drug-likeness (QED) is 0.796. The van der Waals surface area contributed by atoms with E-state index >= 15 is 0 Å². The minimum Gasteiger partial charge on any atom is -0.481 e. The van der Waals surface area contributed by atoms with Gasteiger partial charge >= 0.3 is 11.9 Å².